The molecule has 0 spiro atoms. The van der Waals surface area contributed by atoms with E-state index in [1.54, 1.807) is 23.9 Å². The zero-order valence-corrected chi connectivity index (χ0v) is 13.8. The van der Waals surface area contributed by atoms with E-state index in [4.69, 9.17) is 0 Å². The molecule has 5 heteroatoms. The fourth-order valence-electron chi connectivity index (χ4n) is 1.91. The van der Waals surface area contributed by atoms with Crippen molar-refractivity contribution >= 4 is 33.6 Å². The van der Waals surface area contributed by atoms with Crippen molar-refractivity contribution in [3.8, 4) is 0 Å². The van der Waals surface area contributed by atoms with Gasteiger partial charge in [0.2, 0.25) is 0 Å². The number of halogens is 2. The molecular weight excluding hydrogens is 329 g/mol. The minimum atomic E-state index is -0.505. The number of nitrogens with one attached hydrogen (secondary N) is 1. The Labute approximate surface area is 126 Å². The topological polar surface area (TPSA) is 29.1 Å². The Kier molecular flexibility index (Phi) is 6.33. The molecule has 1 aromatic rings. The van der Waals surface area contributed by atoms with E-state index in [2.05, 4.69) is 35.1 Å². The Hall–Kier alpha value is -0.550. The second kappa shape index (κ2) is 7.29. The number of hydrogen-bond donors (Lipinski definition) is 1. The fraction of sp³-hybridized carbons (Fsp3) is 0.500. The molecule has 0 radical (unpaired) electrons. The maximum absolute atomic E-state index is 13.7. The molecule has 1 amide bonds. The molecular formula is C14H19BrFNOS. The lowest BCUT2D eigenvalue weighted by Gasteiger charge is -2.29. The van der Waals surface area contributed by atoms with E-state index >= 15 is 0 Å². The van der Waals surface area contributed by atoms with Crippen molar-refractivity contribution in [2.45, 2.75) is 31.4 Å². The second-order valence-electron chi connectivity index (χ2n) is 4.37. The van der Waals surface area contributed by atoms with Crippen LogP contribution in [0.5, 0.6) is 0 Å². The Morgan fingerprint density at radius 2 is 2.05 bits per heavy atom. The van der Waals surface area contributed by atoms with E-state index in [-0.39, 0.29) is 16.2 Å². The number of rotatable bonds is 6. The van der Waals surface area contributed by atoms with Crippen LogP contribution in [0.2, 0.25) is 0 Å². The van der Waals surface area contributed by atoms with Gasteiger partial charge in [0, 0.05) is 15.8 Å². The van der Waals surface area contributed by atoms with Gasteiger partial charge in [0.25, 0.3) is 5.91 Å². The van der Waals surface area contributed by atoms with Gasteiger partial charge in [-0.15, -0.1) is 0 Å². The Morgan fingerprint density at radius 1 is 1.42 bits per heavy atom. The summed E-state index contributed by atoms with van der Waals surface area (Å²) in [6.07, 6.45) is 3.96. The number of carbonyl (C=O) groups excluding carboxylic acids is 1. The van der Waals surface area contributed by atoms with Crippen molar-refractivity contribution < 1.29 is 9.18 Å². The van der Waals surface area contributed by atoms with E-state index in [1.807, 2.05) is 6.26 Å². The van der Waals surface area contributed by atoms with Crippen LogP contribution < -0.4 is 5.32 Å². The summed E-state index contributed by atoms with van der Waals surface area (Å²) in [7, 11) is 0. The van der Waals surface area contributed by atoms with Crippen LogP contribution in [0.4, 0.5) is 4.39 Å². The molecule has 106 valence electrons. The van der Waals surface area contributed by atoms with Crippen LogP contribution in [0.3, 0.4) is 0 Å². The Morgan fingerprint density at radius 3 is 2.53 bits per heavy atom. The minimum absolute atomic E-state index is 0.0212. The fourth-order valence-corrected chi connectivity index (χ4v) is 3.22. The summed E-state index contributed by atoms with van der Waals surface area (Å²) in [5.74, 6) is -0.875. The number of carbonyl (C=O) groups is 1. The van der Waals surface area contributed by atoms with Gasteiger partial charge in [0.05, 0.1) is 5.56 Å². The van der Waals surface area contributed by atoms with Gasteiger partial charge in [-0.1, -0.05) is 19.9 Å². The number of benzene rings is 1. The van der Waals surface area contributed by atoms with Crippen LogP contribution in [0, 0.1) is 5.82 Å². The van der Waals surface area contributed by atoms with Gasteiger partial charge in [0.1, 0.15) is 5.82 Å². The molecule has 0 unspecified atom stereocenters. The zero-order valence-electron chi connectivity index (χ0n) is 11.4. The molecule has 0 saturated carbocycles. The zero-order chi connectivity index (χ0) is 14.5. The predicted molar refractivity (Wildman–Crippen MR) is 83.3 cm³/mol. The molecule has 0 aliphatic rings. The average Bonchev–Trinajstić information content (AvgIpc) is 2.41. The first kappa shape index (κ1) is 16.5. The highest BCUT2D eigenvalue weighted by Gasteiger charge is 2.26. The molecule has 0 saturated heterocycles. The first-order chi connectivity index (χ1) is 8.99. The summed E-state index contributed by atoms with van der Waals surface area (Å²) in [6, 6.07) is 4.53. The third kappa shape index (κ3) is 3.96. The van der Waals surface area contributed by atoms with Gasteiger partial charge in [-0.25, -0.2) is 4.39 Å². The SMILES string of the molecule is CCC(CC)(CNC(=O)c1c(F)cccc1Br)SC. The molecule has 0 aliphatic carbocycles. The van der Waals surface area contributed by atoms with Crippen LogP contribution in [-0.4, -0.2) is 23.5 Å². The molecule has 0 heterocycles. The number of amides is 1. The summed E-state index contributed by atoms with van der Waals surface area (Å²) in [5.41, 5.74) is 0.0738. The van der Waals surface area contributed by atoms with E-state index in [1.165, 1.54) is 6.07 Å². The van der Waals surface area contributed by atoms with E-state index < -0.39 is 5.82 Å². The van der Waals surface area contributed by atoms with E-state index in [9.17, 15) is 9.18 Å². The smallest absolute Gasteiger partial charge is 0.255 e. The summed E-state index contributed by atoms with van der Waals surface area (Å²) in [6.45, 7) is 4.75. The van der Waals surface area contributed by atoms with Gasteiger partial charge in [-0.2, -0.15) is 11.8 Å². The molecule has 0 aromatic heterocycles. The Balaban J connectivity index is 2.81. The molecule has 0 fully saturated rings. The van der Waals surface area contributed by atoms with Gasteiger partial charge in [-0.3, -0.25) is 4.79 Å². The normalized spacial score (nSPS) is 11.4. The molecule has 1 N–H and O–H groups in total. The predicted octanol–water partition coefficient (Wildman–Crippen LogP) is 4.24. The first-order valence-corrected chi connectivity index (χ1v) is 8.28. The molecule has 1 aromatic carbocycles. The van der Waals surface area contributed by atoms with Crippen molar-refractivity contribution in [1.29, 1.82) is 0 Å². The van der Waals surface area contributed by atoms with Gasteiger partial charge in [-0.05, 0) is 47.2 Å². The third-order valence-electron chi connectivity index (χ3n) is 3.48. The first-order valence-electron chi connectivity index (χ1n) is 6.27. The van der Waals surface area contributed by atoms with Crippen molar-refractivity contribution in [3.05, 3.63) is 34.1 Å². The highest BCUT2D eigenvalue weighted by Crippen LogP contribution is 2.29. The molecule has 1 rings (SSSR count). The molecule has 2 nitrogen and oxygen atoms in total. The highest BCUT2D eigenvalue weighted by atomic mass is 79.9. The van der Waals surface area contributed by atoms with Crippen LogP contribution in [0.15, 0.2) is 22.7 Å². The quantitative estimate of drug-likeness (QED) is 0.833. The van der Waals surface area contributed by atoms with Crippen LogP contribution in [-0.2, 0) is 0 Å². The lowest BCUT2D eigenvalue weighted by molar-refractivity contribution is 0.0944. The summed E-state index contributed by atoms with van der Waals surface area (Å²) < 4.78 is 14.2. The lowest BCUT2D eigenvalue weighted by Crippen LogP contribution is -2.40. The highest BCUT2D eigenvalue weighted by molar-refractivity contribution is 9.10. The summed E-state index contributed by atoms with van der Waals surface area (Å²) in [5, 5.41) is 2.84. The standard InChI is InChI=1S/C14H19BrFNOS/c1-4-14(5-2,19-3)9-17-13(18)12-10(15)7-6-8-11(12)16/h6-8H,4-5,9H2,1-3H3,(H,17,18). The van der Waals surface area contributed by atoms with Crippen molar-refractivity contribution in [2.24, 2.45) is 0 Å². The van der Waals surface area contributed by atoms with Crippen molar-refractivity contribution in [1.82, 2.24) is 5.32 Å². The monoisotopic (exact) mass is 347 g/mol. The van der Waals surface area contributed by atoms with Crippen LogP contribution in [0.25, 0.3) is 0 Å². The van der Waals surface area contributed by atoms with E-state index in [0.717, 1.165) is 12.8 Å². The Bertz CT molecular complexity index is 421. The van der Waals surface area contributed by atoms with Crippen molar-refractivity contribution in [2.75, 3.05) is 12.8 Å². The summed E-state index contributed by atoms with van der Waals surface area (Å²) in [4.78, 5) is 12.1. The summed E-state index contributed by atoms with van der Waals surface area (Å²) >= 11 is 4.96. The van der Waals surface area contributed by atoms with Gasteiger partial charge in [0.15, 0.2) is 0 Å². The number of thioether (sulfide) groups is 1. The molecule has 19 heavy (non-hydrogen) atoms. The maximum atomic E-state index is 13.7. The van der Waals surface area contributed by atoms with Crippen molar-refractivity contribution in [3.63, 3.8) is 0 Å². The largest absolute Gasteiger partial charge is 0.351 e. The third-order valence-corrected chi connectivity index (χ3v) is 5.73. The second-order valence-corrected chi connectivity index (χ2v) is 6.50. The van der Waals surface area contributed by atoms with E-state index in [0.29, 0.717) is 11.0 Å². The average molecular weight is 348 g/mol. The van der Waals surface area contributed by atoms with Crippen LogP contribution in [0.1, 0.15) is 37.0 Å². The van der Waals surface area contributed by atoms with Crippen LogP contribution >= 0.6 is 27.7 Å². The maximum Gasteiger partial charge on any atom is 0.255 e. The molecule has 0 bridgehead atoms. The van der Waals surface area contributed by atoms with Gasteiger partial charge >= 0.3 is 0 Å². The number of hydrogen-bond acceptors (Lipinski definition) is 2. The minimum Gasteiger partial charge on any atom is -0.351 e. The van der Waals surface area contributed by atoms with Gasteiger partial charge < -0.3 is 5.32 Å². The lowest BCUT2D eigenvalue weighted by atomic mass is 10.0. The molecule has 0 aliphatic heterocycles. The molecule has 0 atom stereocenters.